The molecular weight excluding hydrogens is 328 g/mol. The van der Waals surface area contributed by atoms with Crippen molar-refractivity contribution >= 4 is 39.1 Å². The molecule has 0 aliphatic rings. The van der Waals surface area contributed by atoms with Gasteiger partial charge in [0.15, 0.2) is 0 Å². The lowest BCUT2D eigenvalue weighted by molar-refractivity contribution is -0.385. The molecule has 20 heavy (non-hydrogen) atoms. The van der Waals surface area contributed by atoms with Crippen molar-refractivity contribution in [1.29, 1.82) is 0 Å². The van der Waals surface area contributed by atoms with Gasteiger partial charge in [-0.25, -0.2) is 10.8 Å². The predicted molar refractivity (Wildman–Crippen MR) is 78.7 cm³/mol. The molecule has 4 N–H and O–H groups in total. The molecule has 0 atom stereocenters. The normalized spacial score (nSPS) is 10.2. The highest BCUT2D eigenvalue weighted by Gasteiger charge is 2.22. The number of anilines is 3. The summed E-state index contributed by atoms with van der Waals surface area (Å²) in [7, 11) is 0. The molecule has 9 heteroatoms. The van der Waals surface area contributed by atoms with Crippen LogP contribution in [0.25, 0.3) is 0 Å². The third-order valence-electron chi connectivity index (χ3n) is 2.50. The first kappa shape index (κ1) is 14.2. The fourth-order valence-corrected chi connectivity index (χ4v) is 2.01. The van der Waals surface area contributed by atoms with Crippen LogP contribution in [0.5, 0.6) is 0 Å². The quantitative estimate of drug-likeness (QED) is 0.445. The van der Waals surface area contributed by atoms with Crippen LogP contribution >= 0.6 is 15.9 Å². The molecule has 0 radical (unpaired) electrons. The molecular formula is C11H11BrN6O2. The number of hydrogen-bond acceptors (Lipinski definition) is 7. The Kier molecular flexibility index (Phi) is 4.11. The molecule has 104 valence electrons. The van der Waals surface area contributed by atoms with E-state index >= 15 is 0 Å². The highest BCUT2D eigenvalue weighted by atomic mass is 79.9. The third-order valence-corrected chi connectivity index (χ3v) is 3.19. The van der Waals surface area contributed by atoms with Crippen molar-refractivity contribution in [3.63, 3.8) is 0 Å². The second-order valence-electron chi connectivity index (χ2n) is 3.84. The molecule has 2 rings (SSSR count). The van der Waals surface area contributed by atoms with Crippen LogP contribution in [0.15, 0.2) is 28.7 Å². The van der Waals surface area contributed by atoms with E-state index in [1.807, 2.05) is 12.1 Å². The van der Waals surface area contributed by atoms with Crippen molar-refractivity contribution < 1.29 is 4.92 Å². The number of para-hydroxylation sites is 1. The van der Waals surface area contributed by atoms with E-state index in [-0.39, 0.29) is 23.1 Å². The van der Waals surface area contributed by atoms with E-state index in [0.717, 1.165) is 4.47 Å². The molecule has 0 bridgehead atoms. The highest BCUT2D eigenvalue weighted by molar-refractivity contribution is 9.10. The number of nitrogens with zero attached hydrogens (tertiary/aromatic N) is 3. The van der Waals surface area contributed by atoms with Crippen molar-refractivity contribution in [1.82, 2.24) is 9.97 Å². The lowest BCUT2D eigenvalue weighted by atomic mass is 10.3. The molecule has 0 saturated heterocycles. The Morgan fingerprint density at radius 1 is 1.35 bits per heavy atom. The first-order valence-corrected chi connectivity index (χ1v) is 6.33. The summed E-state index contributed by atoms with van der Waals surface area (Å²) in [6.07, 6.45) is 0. The van der Waals surface area contributed by atoms with Crippen LogP contribution in [-0.4, -0.2) is 14.9 Å². The number of nitro groups is 1. The summed E-state index contributed by atoms with van der Waals surface area (Å²) in [4.78, 5) is 18.5. The zero-order chi connectivity index (χ0) is 14.7. The van der Waals surface area contributed by atoms with E-state index < -0.39 is 4.92 Å². The Bertz CT molecular complexity index is 663. The zero-order valence-electron chi connectivity index (χ0n) is 10.4. The first-order valence-electron chi connectivity index (χ1n) is 5.54. The van der Waals surface area contributed by atoms with Crippen molar-refractivity contribution in [2.24, 2.45) is 5.84 Å². The maximum absolute atomic E-state index is 11.1. The standard InChI is InChI=1S/C11H11BrN6O2/c1-6-9(18(19)20)10(16-11(14-6)17-13)15-8-5-3-2-4-7(8)12/h2-5H,13H2,1H3,(H2,14,15,16,17). The monoisotopic (exact) mass is 338 g/mol. The van der Waals surface area contributed by atoms with E-state index in [2.05, 4.69) is 36.6 Å². The molecule has 0 spiro atoms. The second kappa shape index (κ2) is 5.80. The van der Waals surface area contributed by atoms with Gasteiger partial charge in [-0.2, -0.15) is 4.98 Å². The van der Waals surface area contributed by atoms with Gasteiger partial charge in [-0.1, -0.05) is 12.1 Å². The summed E-state index contributed by atoms with van der Waals surface area (Å²) in [5.74, 6) is 5.43. The van der Waals surface area contributed by atoms with Gasteiger partial charge < -0.3 is 5.32 Å². The van der Waals surface area contributed by atoms with Crippen LogP contribution in [0.2, 0.25) is 0 Å². The molecule has 0 aliphatic carbocycles. The molecule has 0 fully saturated rings. The first-order chi connectivity index (χ1) is 9.52. The minimum atomic E-state index is -0.533. The van der Waals surface area contributed by atoms with Crippen molar-refractivity contribution in [3.05, 3.63) is 44.5 Å². The number of halogens is 1. The summed E-state index contributed by atoms with van der Waals surface area (Å²) in [6, 6.07) is 7.21. The summed E-state index contributed by atoms with van der Waals surface area (Å²) < 4.78 is 0.757. The van der Waals surface area contributed by atoms with Crippen LogP contribution in [0, 0.1) is 17.0 Å². The number of nitrogens with one attached hydrogen (secondary N) is 2. The SMILES string of the molecule is Cc1nc(NN)nc(Nc2ccccc2Br)c1[N+](=O)[O-]. The summed E-state index contributed by atoms with van der Waals surface area (Å²) in [6.45, 7) is 1.52. The van der Waals surface area contributed by atoms with Gasteiger partial charge in [-0.3, -0.25) is 15.5 Å². The summed E-state index contributed by atoms with van der Waals surface area (Å²) >= 11 is 3.35. The second-order valence-corrected chi connectivity index (χ2v) is 4.69. The molecule has 0 unspecified atom stereocenters. The zero-order valence-corrected chi connectivity index (χ0v) is 12.0. The van der Waals surface area contributed by atoms with Gasteiger partial charge in [0.25, 0.3) is 0 Å². The van der Waals surface area contributed by atoms with Gasteiger partial charge in [0.05, 0.1) is 10.6 Å². The molecule has 1 aromatic heterocycles. The molecule has 0 saturated carbocycles. The highest BCUT2D eigenvalue weighted by Crippen LogP contribution is 2.31. The number of rotatable bonds is 4. The minimum absolute atomic E-state index is 0.0716. The van der Waals surface area contributed by atoms with Crippen LogP contribution in [0.3, 0.4) is 0 Å². The van der Waals surface area contributed by atoms with Gasteiger partial charge >= 0.3 is 5.69 Å². The van der Waals surface area contributed by atoms with Crippen molar-refractivity contribution in [2.45, 2.75) is 6.92 Å². The van der Waals surface area contributed by atoms with Gasteiger partial charge in [0, 0.05) is 4.47 Å². The maximum Gasteiger partial charge on any atom is 0.332 e. The van der Waals surface area contributed by atoms with Gasteiger partial charge in [-0.15, -0.1) is 0 Å². The molecule has 0 amide bonds. The number of hydrogen-bond donors (Lipinski definition) is 3. The van der Waals surface area contributed by atoms with Gasteiger partial charge in [0.2, 0.25) is 11.8 Å². The molecule has 2 aromatic rings. The van der Waals surface area contributed by atoms with Crippen LogP contribution < -0.4 is 16.6 Å². The molecule has 8 nitrogen and oxygen atoms in total. The number of aryl methyl sites for hydroxylation is 1. The number of nitrogens with two attached hydrogens (primary N) is 1. The van der Waals surface area contributed by atoms with E-state index in [0.29, 0.717) is 5.69 Å². The van der Waals surface area contributed by atoms with Crippen LogP contribution in [-0.2, 0) is 0 Å². The Morgan fingerprint density at radius 3 is 2.65 bits per heavy atom. The topological polar surface area (TPSA) is 119 Å². The number of benzene rings is 1. The molecule has 1 aromatic carbocycles. The van der Waals surface area contributed by atoms with Gasteiger partial charge in [0.1, 0.15) is 5.69 Å². The summed E-state index contributed by atoms with van der Waals surface area (Å²) in [5, 5.41) is 14.0. The third kappa shape index (κ3) is 2.83. The van der Waals surface area contributed by atoms with E-state index in [4.69, 9.17) is 5.84 Å². The van der Waals surface area contributed by atoms with E-state index in [9.17, 15) is 10.1 Å². The number of aromatic nitrogens is 2. The Balaban J connectivity index is 2.52. The Labute approximate surface area is 122 Å². The van der Waals surface area contributed by atoms with Crippen molar-refractivity contribution in [3.8, 4) is 0 Å². The Morgan fingerprint density at radius 2 is 2.05 bits per heavy atom. The van der Waals surface area contributed by atoms with Gasteiger partial charge in [-0.05, 0) is 35.0 Å². The predicted octanol–water partition coefficient (Wildman–Crippen LogP) is 2.48. The smallest absolute Gasteiger partial charge is 0.332 e. The van der Waals surface area contributed by atoms with Crippen LogP contribution in [0.1, 0.15) is 5.69 Å². The fraction of sp³-hybridized carbons (Fsp3) is 0.0909. The largest absolute Gasteiger partial charge is 0.333 e. The molecule has 1 heterocycles. The van der Waals surface area contributed by atoms with Crippen LogP contribution in [0.4, 0.5) is 23.1 Å². The lowest BCUT2D eigenvalue weighted by Gasteiger charge is -2.10. The molecule has 0 aliphatic heterocycles. The van der Waals surface area contributed by atoms with E-state index in [1.54, 1.807) is 12.1 Å². The average molecular weight is 339 g/mol. The average Bonchev–Trinajstić information content (AvgIpc) is 2.40. The maximum atomic E-state index is 11.1. The number of nitrogen functional groups attached to an aromatic ring is 1. The van der Waals surface area contributed by atoms with E-state index in [1.165, 1.54) is 6.92 Å². The summed E-state index contributed by atoms with van der Waals surface area (Å²) in [5.41, 5.74) is 2.95. The fourth-order valence-electron chi connectivity index (χ4n) is 1.63. The number of hydrazine groups is 1. The minimum Gasteiger partial charge on any atom is -0.333 e. The lowest BCUT2D eigenvalue weighted by Crippen LogP contribution is -2.13. The van der Waals surface area contributed by atoms with Crippen molar-refractivity contribution in [2.75, 3.05) is 10.7 Å². The Hall–Kier alpha value is -2.26.